The maximum atomic E-state index is 11.7. The van der Waals surface area contributed by atoms with Crippen LogP contribution in [-0.2, 0) is 11.2 Å². The van der Waals surface area contributed by atoms with Crippen LogP contribution >= 0.6 is 0 Å². The fourth-order valence-corrected chi connectivity index (χ4v) is 2.63. The van der Waals surface area contributed by atoms with Crippen LogP contribution in [0.25, 0.3) is 0 Å². The molecule has 3 heteroatoms. The quantitative estimate of drug-likeness (QED) is 0.481. The zero-order chi connectivity index (χ0) is 19.0. The van der Waals surface area contributed by atoms with Crippen LogP contribution in [-0.4, -0.2) is 16.0 Å². The maximum Gasteiger partial charge on any atom is 0.159 e. The third-order valence-electron chi connectivity index (χ3n) is 3.94. The Morgan fingerprint density at radius 2 is 1.60 bits per heavy atom. The Labute approximate surface area is 151 Å². The Morgan fingerprint density at radius 1 is 1.00 bits per heavy atom. The molecule has 0 radical (unpaired) electrons. The summed E-state index contributed by atoms with van der Waals surface area (Å²) >= 11 is 0. The summed E-state index contributed by atoms with van der Waals surface area (Å²) in [5.41, 5.74) is 4.70. The third-order valence-corrected chi connectivity index (χ3v) is 3.94. The van der Waals surface area contributed by atoms with E-state index in [0.717, 1.165) is 29.6 Å². The molecule has 0 saturated heterocycles. The lowest BCUT2D eigenvalue weighted by molar-refractivity contribution is -0.114. The third kappa shape index (κ3) is 7.88. The zero-order valence-corrected chi connectivity index (χ0v) is 16.0. The summed E-state index contributed by atoms with van der Waals surface area (Å²) in [7, 11) is 0. The molecule has 0 amide bonds. The molecule has 1 rings (SSSR count). The van der Waals surface area contributed by atoms with Gasteiger partial charge in [0.1, 0.15) is 11.5 Å². The van der Waals surface area contributed by atoms with Gasteiger partial charge in [-0.05, 0) is 77.7 Å². The normalized spacial score (nSPS) is 12.2. The van der Waals surface area contributed by atoms with Gasteiger partial charge in [0.25, 0.3) is 0 Å². The summed E-state index contributed by atoms with van der Waals surface area (Å²) in [5, 5.41) is 19.9. The molecule has 0 bridgehead atoms. The van der Waals surface area contributed by atoms with Crippen molar-refractivity contribution in [3.8, 4) is 11.5 Å². The van der Waals surface area contributed by atoms with Gasteiger partial charge in [-0.1, -0.05) is 28.9 Å². The van der Waals surface area contributed by atoms with Gasteiger partial charge in [-0.3, -0.25) is 4.79 Å². The molecule has 0 aliphatic heterocycles. The molecule has 136 valence electrons. The number of hydrogen-bond acceptors (Lipinski definition) is 3. The van der Waals surface area contributed by atoms with Crippen LogP contribution in [0.3, 0.4) is 0 Å². The number of aryl methyl sites for hydroxylation is 1. The first-order chi connectivity index (χ1) is 11.7. The standard InChI is InChI=1S/C22H30O3/c1-15(2)11-19(23)12-17(4)8-6-7-16(3)9-10-20-21(24)13-18(5)14-22(20)25/h8-9,11,13-14,24-25H,6-7,10,12H2,1-5H3. The molecule has 3 nitrogen and oxygen atoms in total. The van der Waals surface area contributed by atoms with E-state index in [9.17, 15) is 15.0 Å². The Bertz CT molecular complexity index is 679. The lowest BCUT2D eigenvalue weighted by Crippen LogP contribution is -1.94. The van der Waals surface area contributed by atoms with Crippen LogP contribution < -0.4 is 0 Å². The molecule has 1 aromatic rings. The Balaban J connectivity index is 2.55. The topological polar surface area (TPSA) is 57.5 Å². The number of aromatic hydroxyl groups is 2. The van der Waals surface area contributed by atoms with E-state index in [1.807, 2.05) is 40.7 Å². The predicted octanol–water partition coefficient (Wildman–Crippen LogP) is 5.55. The number of allylic oxidation sites excluding steroid dienone is 6. The van der Waals surface area contributed by atoms with Crippen LogP contribution in [0, 0.1) is 6.92 Å². The molecule has 0 aliphatic carbocycles. The fourth-order valence-electron chi connectivity index (χ4n) is 2.63. The van der Waals surface area contributed by atoms with E-state index in [1.165, 1.54) is 5.57 Å². The van der Waals surface area contributed by atoms with Crippen molar-refractivity contribution in [2.75, 3.05) is 0 Å². The summed E-state index contributed by atoms with van der Waals surface area (Å²) in [4.78, 5) is 11.7. The lowest BCUT2D eigenvalue weighted by atomic mass is 10.0. The molecule has 0 fully saturated rings. The van der Waals surface area contributed by atoms with Gasteiger partial charge < -0.3 is 10.2 Å². The molecule has 0 spiro atoms. The van der Waals surface area contributed by atoms with Crippen LogP contribution in [0.4, 0.5) is 0 Å². The average Bonchev–Trinajstić information content (AvgIpc) is 2.44. The predicted molar refractivity (Wildman–Crippen MR) is 104 cm³/mol. The molecule has 25 heavy (non-hydrogen) atoms. The van der Waals surface area contributed by atoms with Crippen molar-refractivity contribution in [1.29, 1.82) is 0 Å². The highest BCUT2D eigenvalue weighted by atomic mass is 16.3. The van der Waals surface area contributed by atoms with Gasteiger partial charge in [-0.2, -0.15) is 0 Å². The van der Waals surface area contributed by atoms with Gasteiger partial charge in [0.15, 0.2) is 5.78 Å². The van der Waals surface area contributed by atoms with E-state index in [4.69, 9.17) is 0 Å². The van der Waals surface area contributed by atoms with Gasteiger partial charge in [0.05, 0.1) is 0 Å². The Hall–Kier alpha value is -2.29. The van der Waals surface area contributed by atoms with Crippen molar-refractivity contribution < 1.29 is 15.0 Å². The van der Waals surface area contributed by atoms with E-state index >= 15 is 0 Å². The summed E-state index contributed by atoms with van der Waals surface area (Å²) in [6, 6.07) is 3.32. The Morgan fingerprint density at radius 3 is 2.16 bits per heavy atom. The number of carbonyl (C=O) groups is 1. The number of ketones is 1. The second-order valence-electron chi connectivity index (χ2n) is 6.99. The highest BCUT2D eigenvalue weighted by Gasteiger charge is 2.07. The van der Waals surface area contributed by atoms with Gasteiger partial charge in [-0.15, -0.1) is 0 Å². The van der Waals surface area contributed by atoms with Crippen molar-refractivity contribution in [2.24, 2.45) is 0 Å². The van der Waals surface area contributed by atoms with Gasteiger partial charge in [0, 0.05) is 12.0 Å². The van der Waals surface area contributed by atoms with Crippen LogP contribution in [0.15, 0.2) is 47.1 Å². The SMILES string of the molecule is CC(C)=CC(=O)CC(C)=CCCC(C)=CCc1c(O)cc(C)cc1O. The smallest absolute Gasteiger partial charge is 0.159 e. The summed E-state index contributed by atoms with van der Waals surface area (Å²) < 4.78 is 0. The number of phenolic OH excluding ortho intramolecular Hbond substituents is 2. The minimum absolute atomic E-state index is 0.134. The molecule has 2 N–H and O–H groups in total. The van der Waals surface area contributed by atoms with Crippen molar-refractivity contribution in [3.05, 3.63) is 58.2 Å². The molecule has 0 saturated carbocycles. The molecule has 0 aromatic heterocycles. The van der Waals surface area contributed by atoms with Crippen molar-refractivity contribution >= 4 is 5.78 Å². The second kappa shape index (κ2) is 9.87. The highest BCUT2D eigenvalue weighted by Crippen LogP contribution is 2.29. The molecular formula is C22H30O3. The number of benzene rings is 1. The molecule has 0 atom stereocenters. The van der Waals surface area contributed by atoms with Crippen LogP contribution in [0.1, 0.15) is 58.1 Å². The number of phenols is 2. The molecular weight excluding hydrogens is 312 g/mol. The first-order valence-corrected chi connectivity index (χ1v) is 8.69. The van der Waals surface area contributed by atoms with Crippen molar-refractivity contribution in [1.82, 2.24) is 0 Å². The van der Waals surface area contributed by atoms with Gasteiger partial charge >= 0.3 is 0 Å². The van der Waals surface area contributed by atoms with E-state index in [1.54, 1.807) is 18.2 Å². The summed E-state index contributed by atoms with van der Waals surface area (Å²) in [5.74, 6) is 0.413. The van der Waals surface area contributed by atoms with E-state index < -0.39 is 0 Å². The van der Waals surface area contributed by atoms with E-state index in [2.05, 4.69) is 6.08 Å². The summed E-state index contributed by atoms with van der Waals surface area (Å²) in [6.45, 7) is 9.71. The number of hydrogen-bond donors (Lipinski definition) is 2. The van der Waals surface area contributed by atoms with Crippen molar-refractivity contribution in [2.45, 2.75) is 60.3 Å². The van der Waals surface area contributed by atoms with Crippen LogP contribution in [0.2, 0.25) is 0 Å². The average molecular weight is 342 g/mol. The summed E-state index contributed by atoms with van der Waals surface area (Å²) in [6.07, 6.45) is 8.56. The van der Waals surface area contributed by atoms with E-state index in [-0.39, 0.29) is 17.3 Å². The van der Waals surface area contributed by atoms with Gasteiger partial charge in [-0.25, -0.2) is 0 Å². The van der Waals surface area contributed by atoms with Gasteiger partial charge in [0.2, 0.25) is 0 Å². The highest BCUT2D eigenvalue weighted by molar-refractivity contribution is 5.91. The first kappa shape index (κ1) is 20.8. The molecule has 0 unspecified atom stereocenters. The monoisotopic (exact) mass is 342 g/mol. The molecule has 0 heterocycles. The molecule has 0 aliphatic rings. The van der Waals surface area contributed by atoms with Crippen LogP contribution in [0.5, 0.6) is 11.5 Å². The zero-order valence-electron chi connectivity index (χ0n) is 16.0. The number of carbonyl (C=O) groups excluding carboxylic acids is 1. The van der Waals surface area contributed by atoms with Crippen molar-refractivity contribution in [3.63, 3.8) is 0 Å². The largest absolute Gasteiger partial charge is 0.508 e. The second-order valence-corrected chi connectivity index (χ2v) is 6.99. The van der Waals surface area contributed by atoms with E-state index in [0.29, 0.717) is 18.4 Å². The lowest BCUT2D eigenvalue weighted by Gasteiger charge is -2.07. The minimum atomic E-state index is 0.134. The maximum absolute atomic E-state index is 11.7. The minimum Gasteiger partial charge on any atom is -0.508 e. The Kier molecular flexibility index (Phi) is 8.20. The number of rotatable bonds is 8. The molecule has 1 aromatic carbocycles. The first-order valence-electron chi connectivity index (χ1n) is 8.69. The fraction of sp³-hybridized carbons (Fsp3) is 0.409.